The molecule has 0 radical (unpaired) electrons. The first kappa shape index (κ1) is 27.6. The average Bonchev–Trinajstić information content (AvgIpc) is 2.76. The van der Waals surface area contributed by atoms with Crippen LogP contribution >= 0.6 is 0 Å². The number of hydrogen-bond donors (Lipinski definition) is 1. The number of piperidine rings is 2. The smallest absolute Gasteiger partial charge is 0.306 e. The molecule has 2 saturated heterocycles. The van der Waals surface area contributed by atoms with Crippen molar-refractivity contribution in [3.63, 3.8) is 0 Å². The molecule has 1 N–H and O–H groups in total. The van der Waals surface area contributed by atoms with Gasteiger partial charge < -0.3 is 9.64 Å². The fourth-order valence-electron chi connectivity index (χ4n) is 3.79. The number of amides is 2. The Morgan fingerprint density at radius 3 is 2.22 bits per heavy atom. The van der Waals surface area contributed by atoms with Gasteiger partial charge >= 0.3 is 5.97 Å². The van der Waals surface area contributed by atoms with Gasteiger partial charge in [-0.1, -0.05) is 33.8 Å². The summed E-state index contributed by atoms with van der Waals surface area (Å²) in [7, 11) is 0. The fourth-order valence-corrected chi connectivity index (χ4v) is 3.79. The molecule has 2 aliphatic rings. The van der Waals surface area contributed by atoms with Gasteiger partial charge in [-0.05, 0) is 57.6 Å². The van der Waals surface area contributed by atoms with E-state index in [1.54, 1.807) is 6.20 Å². The second-order valence-electron chi connectivity index (χ2n) is 8.67. The summed E-state index contributed by atoms with van der Waals surface area (Å²) in [4.78, 5) is 42.0. The number of pyridine rings is 1. The summed E-state index contributed by atoms with van der Waals surface area (Å²) in [6.45, 7) is 15.4. The number of hydrogen-bond acceptors (Lipinski definition) is 6. The quantitative estimate of drug-likeness (QED) is 0.536. The number of nitrogens with zero attached hydrogens (tertiary/aromatic N) is 2. The average molecular weight is 448 g/mol. The van der Waals surface area contributed by atoms with E-state index < -0.39 is 5.60 Å². The van der Waals surface area contributed by atoms with Gasteiger partial charge in [-0.25, -0.2) is 4.98 Å². The third kappa shape index (κ3) is 8.60. The molecule has 32 heavy (non-hydrogen) atoms. The fraction of sp³-hybridized carbons (Fsp3) is 0.680. The Bertz CT molecular complexity index is 733. The Morgan fingerprint density at radius 1 is 1.09 bits per heavy atom. The summed E-state index contributed by atoms with van der Waals surface area (Å²) in [5.74, 6) is 0.339. The molecule has 7 nitrogen and oxygen atoms in total. The molecule has 2 amide bonds. The monoisotopic (exact) mass is 447 g/mol. The summed E-state index contributed by atoms with van der Waals surface area (Å²) >= 11 is 0. The SMILES string of the molecule is CC.CC.CC(C)(C)OC(=O)CC1CCN(c2ccc(C3CCC(=O)NC3=O)cn2)CC1. The number of esters is 1. The summed E-state index contributed by atoms with van der Waals surface area (Å²) < 4.78 is 5.42. The van der Waals surface area contributed by atoms with Crippen molar-refractivity contribution >= 4 is 23.6 Å². The molecular formula is C25H41N3O4. The van der Waals surface area contributed by atoms with E-state index in [9.17, 15) is 14.4 Å². The van der Waals surface area contributed by atoms with Crippen LogP contribution in [0.1, 0.15) is 92.1 Å². The van der Waals surface area contributed by atoms with Crippen LogP contribution in [-0.4, -0.2) is 41.5 Å². The summed E-state index contributed by atoms with van der Waals surface area (Å²) in [5, 5.41) is 2.39. The highest BCUT2D eigenvalue weighted by Gasteiger charge is 2.29. The van der Waals surface area contributed by atoms with Crippen molar-refractivity contribution in [2.75, 3.05) is 18.0 Å². The molecule has 1 atom stereocenters. The number of nitrogens with one attached hydrogen (secondary N) is 1. The summed E-state index contributed by atoms with van der Waals surface area (Å²) in [5.41, 5.74) is 0.403. The molecule has 2 fully saturated rings. The molecule has 1 aromatic rings. The van der Waals surface area contributed by atoms with Gasteiger partial charge in [0.05, 0.1) is 5.92 Å². The van der Waals surface area contributed by atoms with Gasteiger partial charge in [-0.3, -0.25) is 19.7 Å². The van der Waals surface area contributed by atoms with Gasteiger partial charge in [0.25, 0.3) is 0 Å². The highest BCUT2D eigenvalue weighted by molar-refractivity contribution is 6.00. The van der Waals surface area contributed by atoms with Crippen LogP contribution in [0.25, 0.3) is 0 Å². The maximum absolute atomic E-state index is 12.0. The molecule has 3 rings (SSSR count). The largest absolute Gasteiger partial charge is 0.460 e. The molecule has 3 heterocycles. The Kier molecular flexibility index (Phi) is 11.4. The predicted octanol–water partition coefficient (Wildman–Crippen LogP) is 4.60. The summed E-state index contributed by atoms with van der Waals surface area (Å²) in [6.07, 6.45) is 4.95. The topological polar surface area (TPSA) is 88.6 Å². The maximum Gasteiger partial charge on any atom is 0.306 e. The Labute approximate surface area is 193 Å². The van der Waals surface area contributed by atoms with Gasteiger partial charge in [0.1, 0.15) is 11.4 Å². The van der Waals surface area contributed by atoms with E-state index in [-0.39, 0.29) is 23.7 Å². The molecular weight excluding hydrogens is 406 g/mol. The van der Waals surface area contributed by atoms with Crippen LogP contribution in [0.3, 0.4) is 0 Å². The molecule has 1 aromatic heterocycles. The van der Waals surface area contributed by atoms with Crippen LogP contribution in [0, 0.1) is 5.92 Å². The first-order chi connectivity index (χ1) is 15.2. The third-order valence-corrected chi connectivity index (χ3v) is 5.23. The lowest BCUT2D eigenvalue weighted by Gasteiger charge is -2.33. The number of rotatable bonds is 4. The van der Waals surface area contributed by atoms with E-state index >= 15 is 0 Å². The van der Waals surface area contributed by atoms with Crippen molar-refractivity contribution in [1.82, 2.24) is 10.3 Å². The van der Waals surface area contributed by atoms with Crippen LogP contribution in [0.15, 0.2) is 18.3 Å². The number of imide groups is 1. The first-order valence-electron chi connectivity index (χ1n) is 12.0. The van der Waals surface area contributed by atoms with Crippen molar-refractivity contribution in [1.29, 1.82) is 0 Å². The van der Waals surface area contributed by atoms with Crippen LogP contribution in [0.5, 0.6) is 0 Å². The van der Waals surface area contributed by atoms with Gasteiger partial charge in [0.15, 0.2) is 0 Å². The number of ether oxygens (including phenoxy) is 1. The lowest BCUT2D eigenvalue weighted by molar-refractivity contribution is -0.156. The van der Waals surface area contributed by atoms with E-state index in [4.69, 9.17) is 4.74 Å². The number of anilines is 1. The van der Waals surface area contributed by atoms with Gasteiger partial charge in [0, 0.05) is 32.1 Å². The van der Waals surface area contributed by atoms with Crippen molar-refractivity contribution in [2.24, 2.45) is 5.92 Å². The zero-order valence-electron chi connectivity index (χ0n) is 20.9. The molecule has 1 unspecified atom stereocenters. The lowest BCUT2D eigenvalue weighted by Crippen LogP contribution is -2.39. The summed E-state index contributed by atoms with van der Waals surface area (Å²) in [6, 6.07) is 3.86. The zero-order chi connectivity index (χ0) is 24.3. The van der Waals surface area contributed by atoms with Gasteiger partial charge in [0.2, 0.25) is 11.8 Å². The van der Waals surface area contributed by atoms with Crippen LogP contribution < -0.4 is 10.2 Å². The third-order valence-electron chi connectivity index (χ3n) is 5.23. The lowest BCUT2D eigenvalue weighted by atomic mass is 9.91. The predicted molar refractivity (Wildman–Crippen MR) is 127 cm³/mol. The minimum Gasteiger partial charge on any atom is -0.460 e. The molecule has 0 saturated carbocycles. The standard InChI is InChI=1S/C21H29N3O4.2C2H6/c1-21(2,3)28-19(26)12-14-8-10-24(11-9-14)17-6-4-15(13-22-17)16-5-7-18(25)23-20(16)27;2*1-2/h4,6,13-14,16H,5,7-12H2,1-3H3,(H,23,25,27);2*1-2H3. The molecule has 2 aliphatic heterocycles. The van der Waals surface area contributed by atoms with Crippen LogP contribution in [0.2, 0.25) is 0 Å². The molecule has 0 bridgehead atoms. The van der Waals surface area contributed by atoms with Crippen LogP contribution in [0.4, 0.5) is 5.82 Å². The highest BCUT2D eigenvalue weighted by Crippen LogP contribution is 2.28. The van der Waals surface area contributed by atoms with E-state index in [1.165, 1.54) is 0 Å². The Hall–Kier alpha value is -2.44. The Morgan fingerprint density at radius 2 is 1.72 bits per heavy atom. The van der Waals surface area contributed by atoms with Crippen molar-refractivity contribution < 1.29 is 19.1 Å². The van der Waals surface area contributed by atoms with E-state index in [1.807, 2.05) is 60.6 Å². The normalized spacial score (nSPS) is 19.1. The van der Waals surface area contributed by atoms with Crippen molar-refractivity contribution in [3.05, 3.63) is 23.9 Å². The van der Waals surface area contributed by atoms with Crippen molar-refractivity contribution in [3.8, 4) is 0 Å². The molecule has 180 valence electrons. The molecule has 0 spiro atoms. The van der Waals surface area contributed by atoms with Gasteiger partial charge in [-0.15, -0.1) is 0 Å². The second kappa shape index (κ2) is 13.2. The van der Waals surface area contributed by atoms with E-state index in [2.05, 4.69) is 15.2 Å². The van der Waals surface area contributed by atoms with Crippen LogP contribution in [-0.2, 0) is 19.1 Å². The highest BCUT2D eigenvalue weighted by atomic mass is 16.6. The van der Waals surface area contributed by atoms with E-state index in [0.717, 1.165) is 37.3 Å². The minimum atomic E-state index is -0.439. The zero-order valence-corrected chi connectivity index (χ0v) is 20.9. The number of carbonyl (C=O) groups is 3. The van der Waals surface area contributed by atoms with Gasteiger partial charge in [-0.2, -0.15) is 0 Å². The molecule has 0 aliphatic carbocycles. The number of aromatic nitrogens is 1. The first-order valence-corrected chi connectivity index (χ1v) is 12.0. The van der Waals surface area contributed by atoms with Crippen molar-refractivity contribution in [2.45, 2.75) is 92.1 Å². The molecule has 7 heteroatoms. The van der Waals surface area contributed by atoms with E-state index in [0.29, 0.717) is 25.2 Å². The second-order valence-corrected chi connectivity index (χ2v) is 8.67. The Balaban J connectivity index is 0.00000121. The maximum atomic E-state index is 12.0. The minimum absolute atomic E-state index is 0.127. The number of carbonyl (C=O) groups excluding carboxylic acids is 3. The molecule has 0 aromatic carbocycles.